The lowest BCUT2D eigenvalue weighted by Crippen LogP contribution is -2.39. The Bertz CT molecular complexity index is 722. The molecular formula is C19H25N5. The van der Waals surface area contributed by atoms with Crippen LogP contribution in [-0.4, -0.2) is 29.1 Å². The van der Waals surface area contributed by atoms with Crippen molar-refractivity contribution >= 4 is 11.8 Å². The molecule has 1 aliphatic heterocycles. The van der Waals surface area contributed by atoms with Crippen LogP contribution in [0.4, 0.5) is 11.8 Å². The van der Waals surface area contributed by atoms with E-state index in [2.05, 4.69) is 44.9 Å². The number of nitrogens with two attached hydrogens (primary N) is 1. The van der Waals surface area contributed by atoms with E-state index >= 15 is 0 Å². The van der Waals surface area contributed by atoms with Gasteiger partial charge < -0.3 is 16.4 Å². The molecule has 0 spiro atoms. The minimum absolute atomic E-state index is 0.351. The van der Waals surface area contributed by atoms with Crippen molar-refractivity contribution in [1.82, 2.24) is 15.3 Å². The van der Waals surface area contributed by atoms with E-state index in [0.717, 1.165) is 43.9 Å². The molecule has 24 heavy (non-hydrogen) atoms. The molecule has 4 N–H and O–H groups in total. The smallest absolute Gasteiger partial charge is 0.222 e. The largest absolute Gasteiger partial charge is 0.368 e. The first-order chi connectivity index (χ1) is 11.8. The molecule has 1 aromatic heterocycles. The number of aryl methyl sites for hydroxylation is 1. The van der Waals surface area contributed by atoms with Gasteiger partial charge in [0.25, 0.3) is 0 Å². The lowest BCUT2D eigenvalue weighted by molar-refractivity contribution is 0.414. The first-order valence-electron chi connectivity index (χ1n) is 9.03. The highest BCUT2D eigenvalue weighted by Crippen LogP contribution is 2.34. The van der Waals surface area contributed by atoms with Gasteiger partial charge in [-0.25, -0.2) is 4.98 Å². The number of nitrogen functional groups attached to an aromatic ring is 1. The van der Waals surface area contributed by atoms with Crippen LogP contribution in [0.2, 0.25) is 0 Å². The fourth-order valence-electron chi connectivity index (χ4n) is 3.85. The average molecular weight is 323 g/mol. The summed E-state index contributed by atoms with van der Waals surface area (Å²) in [5, 5.41) is 7.12. The van der Waals surface area contributed by atoms with Crippen LogP contribution in [0.1, 0.15) is 36.8 Å². The third kappa shape index (κ3) is 3.08. The Morgan fingerprint density at radius 2 is 2.04 bits per heavy atom. The second kappa shape index (κ2) is 6.77. The summed E-state index contributed by atoms with van der Waals surface area (Å²) < 4.78 is 0. The van der Waals surface area contributed by atoms with E-state index in [4.69, 9.17) is 5.73 Å². The quantitative estimate of drug-likeness (QED) is 0.810. The van der Waals surface area contributed by atoms with E-state index in [9.17, 15) is 0 Å². The highest BCUT2D eigenvalue weighted by Gasteiger charge is 2.21. The van der Waals surface area contributed by atoms with Crippen molar-refractivity contribution in [3.8, 4) is 11.3 Å². The van der Waals surface area contributed by atoms with Gasteiger partial charge in [-0.05, 0) is 44.2 Å². The zero-order valence-corrected chi connectivity index (χ0v) is 14.0. The van der Waals surface area contributed by atoms with E-state index in [-0.39, 0.29) is 0 Å². The molecule has 0 saturated carbocycles. The zero-order valence-electron chi connectivity index (χ0n) is 14.0. The van der Waals surface area contributed by atoms with Crippen molar-refractivity contribution in [2.45, 2.75) is 44.6 Å². The summed E-state index contributed by atoms with van der Waals surface area (Å²) in [6.07, 6.45) is 6.99. The minimum Gasteiger partial charge on any atom is -0.368 e. The Morgan fingerprint density at radius 1 is 1.12 bits per heavy atom. The number of hydrogen-bond acceptors (Lipinski definition) is 5. The van der Waals surface area contributed by atoms with E-state index < -0.39 is 0 Å². The van der Waals surface area contributed by atoms with Gasteiger partial charge in [-0.15, -0.1) is 0 Å². The summed E-state index contributed by atoms with van der Waals surface area (Å²) in [4.78, 5) is 9.09. The average Bonchev–Trinajstić information content (AvgIpc) is 2.80. The van der Waals surface area contributed by atoms with Crippen LogP contribution >= 0.6 is 0 Å². The summed E-state index contributed by atoms with van der Waals surface area (Å²) >= 11 is 0. The SMILES string of the molecule is Nc1nc(NCC2CCCCN2)c2c(n1)-c1ccccc1CCC2. The van der Waals surface area contributed by atoms with E-state index in [1.54, 1.807) is 0 Å². The van der Waals surface area contributed by atoms with Gasteiger partial charge >= 0.3 is 0 Å². The molecule has 0 bridgehead atoms. The summed E-state index contributed by atoms with van der Waals surface area (Å²) in [6.45, 7) is 2.01. The van der Waals surface area contributed by atoms with Crippen molar-refractivity contribution in [2.75, 3.05) is 24.1 Å². The molecule has 1 fully saturated rings. The van der Waals surface area contributed by atoms with Crippen LogP contribution in [0.5, 0.6) is 0 Å². The summed E-state index contributed by atoms with van der Waals surface area (Å²) in [5.74, 6) is 1.27. The molecule has 1 aromatic carbocycles. The maximum absolute atomic E-state index is 6.02. The molecule has 126 valence electrons. The Balaban J connectivity index is 1.65. The third-order valence-corrected chi connectivity index (χ3v) is 5.10. The van der Waals surface area contributed by atoms with Crippen molar-refractivity contribution in [1.29, 1.82) is 0 Å². The fraction of sp³-hybridized carbons (Fsp3) is 0.474. The normalized spacial score (nSPS) is 19.9. The highest BCUT2D eigenvalue weighted by atomic mass is 15.1. The Labute approximate surface area is 143 Å². The van der Waals surface area contributed by atoms with E-state index in [0.29, 0.717) is 12.0 Å². The molecule has 0 radical (unpaired) electrons. The van der Waals surface area contributed by atoms with E-state index in [1.165, 1.54) is 36.0 Å². The molecule has 0 amide bonds. The standard InChI is InChI=1S/C19H25N5/c20-19-23-17-15-9-2-1-6-13(15)7-5-10-16(17)18(24-19)22-12-14-8-3-4-11-21-14/h1-2,6,9,14,21H,3-5,7-8,10-12H2,(H3,20,22,23,24). The number of rotatable bonds is 3. The first-order valence-corrected chi connectivity index (χ1v) is 9.03. The predicted molar refractivity (Wildman–Crippen MR) is 98.0 cm³/mol. The van der Waals surface area contributed by atoms with Crippen molar-refractivity contribution in [3.63, 3.8) is 0 Å². The number of hydrogen-bond donors (Lipinski definition) is 3. The topological polar surface area (TPSA) is 75.9 Å². The van der Waals surface area contributed by atoms with Gasteiger partial charge in [-0.3, -0.25) is 0 Å². The zero-order chi connectivity index (χ0) is 16.4. The lowest BCUT2D eigenvalue weighted by Gasteiger charge is -2.24. The monoisotopic (exact) mass is 323 g/mol. The molecular weight excluding hydrogens is 298 g/mol. The van der Waals surface area contributed by atoms with Crippen LogP contribution in [0, 0.1) is 0 Å². The first kappa shape index (κ1) is 15.4. The van der Waals surface area contributed by atoms with Gasteiger partial charge in [-0.1, -0.05) is 30.7 Å². The maximum Gasteiger partial charge on any atom is 0.222 e. The number of piperidine rings is 1. The Kier molecular flexibility index (Phi) is 4.34. The minimum atomic E-state index is 0.351. The summed E-state index contributed by atoms with van der Waals surface area (Å²) in [5.41, 5.74) is 10.8. The van der Waals surface area contributed by atoms with Crippen LogP contribution in [-0.2, 0) is 12.8 Å². The number of nitrogens with one attached hydrogen (secondary N) is 2. The van der Waals surface area contributed by atoms with E-state index in [1.807, 2.05) is 0 Å². The lowest BCUT2D eigenvalue weighted by atomic mass is 10.0. The highest BCUT2D eigenvalue weighted by molar-refractivity contribution is 5.73. The molecule has 4 rings (SSSR count). The molecule has 1 atom stereocenters. The molecule has 1 unspecified atom stereocenters. The Hall–Kier alpha value is -2.14. The maximum atomic E-state index is 6.02. The van der Waals surface area contributed by atoms with Gasteiger partial charge in [-0.2, -0.15) is 4.98 Å². The predicted octanol–water partition coefficient (Wildman–Crippen LogP) is 2.77. The van der Waals surface area contributed by atoms with Crippen LogP contribution in [0.15, 0.2) is 24.3 Å². The second-order valence-electron chi connectivity index (χ2n) is 6.80. The molecule has 1 aliphatic carbocycles. The summed E-state index contributed by atoms with van der Waals surface area (Å²) in [7, 11) is 0. The number of fused-ring (bicyclic) bond motifs is 3. The number of benzene rings is 1. The van der Waals surface area contributed by atoms with Crippen molar-refractivity contribution in [2.24, 2.45) is 0 Å². The van der Waals surface area contributed by atoms with Gasteiger partial charge in [0.1, 0.15) is 5.82 Å². The Morgan fingerprint density at radius 3 is 2.92 bits per heavy atom. The van der Waals surface area contributed by atoms with Crippen LogP contribution < -0.4 is 16.4 Å². The molecule has 2 aromatic rings. The van der Waals surface area contributed by atoms with Gasteiger partial charge in [0, 0.05) is 23.7 Å². The van der Waals surface area contributed by atoms with Crippen LogP contribution in [0.25, 0.3) is 11.3 Å². The molecule has 2 heterocycles. The van der Waals surface area contributed by atoms with Crippen molar-refractivity contribution in [3.05, 3.63) is 35.4 Å². The molecule has 5 heteroatoms. The number of nitrogens with zero attached hydrogens (tertiary/aromatic N) is 2. The second-order valence-corrected chi connectivity index (χ2v) is 6.80. The summed E-state index contributed by atoms with van der Waals surface area (Å²) in [6, 6.07) is 9.04. The van der Waals surface area contributed by atoms with Crippen LogP contribution in [0.3, 0.4) is 0 Å². The van der Waals surface area contributed by atoms with Gasteiger partial charge in [0.2, 0.25) is 5.95 Å². The number of anilines is 2. The number of aromatic nitrogens is 2. The van der Waals surface area contributed by atoms with Crippen molar-refractivity contribution < 1.29 is 0 Å². The fourth-order valence-corrected chi connectivity index (χ4v) is 3.85. The third-order valence-electron chi connectivity index (χ3n) is 5.10. The molecule has 2 aliphatic rings. The van der Waals surface area contributed by atoms with Gasteiger partial charge in [0.05, 0.1) is 5.69 Å². The molecule has 1 saturated heterocycles. The molecule has 5 nitrogen and oxygen atoms in total. The van der Waals surface area contributed by atoms with Gasteiger partial charge in [0.15, 0.2) is 0 Å².